The smallest absolute Gasteiger partial charge is 0.264 e. The molecule has 1 aliphatic heterocycles. The molecule has 0 aliphatic carbocycles. The van der Waals surface area contributed by atoms with Crippen molar-refractivity contribution in [1.29, 1.82) is 0 Å². The van der Waals surface area contributed by atoms with Gasteiger partial charge in [-0.1, -0.05) is 6.07 Å². The molecular weight excluding hydrogens is 388 g/mol. The Morgan fingerprint density at radius 3 is 2.75 bits per heavy atom. The summed E-state index contributed by atoms with van der Waals surface area (Å²) in [5.41, 5.74) is 2.86. The van der Waals surface area contributed by atoms with E-state index in [1.54, 1.807) is 6.20 Å². The number of hydrogen-bond acceptors (Lipinski definition) is 5. The number of fused-ring (bicyclic) bond motifs is 1. The highest BCUT2D eigenvalue weighted by Crippen LogP contribution is 2.26. The lowest BCUT2D eigenvalue weighted by molar-refractivity contribution is 0.0752. The van der Waals surface area contributed by atoms with E-state index >= 15 is 0 Å². The highest BCUT2D eigenvalue weighted by molar-refractivity contribution is 9.10. The molecule has 24 heavy (non-hydrogen) atoms. The number of carbonyl (C=O) groups is 1. The molecule has 3 aromatic rings. The summed E-state index contributed by atoms with van der Waals surface area (Å²) in [4.78, 5) is 26.4. The zero-order chi connectivity index (χ0) is 16.5. The SMILES string of the molecule is O=C(c1cccs1)N1CCN(c2ccnc3cc(Br)cnc23)CC1. The van der Waals surface area contributed by atoms with Crippen molar-refractivity contribution in [2.75, 3.05) is 31.1 Å². The molecule has 0 unspecified atom stereocenters. The number of halogens is 1. The van der Waals surface area contributed by atoms with Crippen LogP contribution in [0, 0.1) is 0 Å². The lowest BCUT2D eigenvalue weighted by Crippen LogP contribution is -2.48. The Kier molecular flexibility index (Phi) is 4.20. The number of hydrogen-bond donors (Lipinski definition) is 0. The van der Waals surface area contributed by atoms with E-state index in [1.807, 2.05) is 40.7 Å². The second kappa shape index (κ2) is 6.49. The Morgan fingerprint density at radius 2 is 2.00 bits per heavy atom. The fourth-order valence-corrected chi connectivity index (χ4v) is 3.96. The van der Waals surface area contributed by atoms with Crippen LogP contribution in [0.5, 0.6) is 0 Å². The van der Waals surface area contributed by atoms with Gasteiger partial charge < -0.3 is 9.80 Å². The summed E-state index contributed by atoms with van der Waals surface area (Å²) in [6, 6.07) is 7.78. The third-order valence-corrected chi connectivity index (χ3v) is 5.45. The Hall–Kier alpha value is -1.99. The number of aromatic nitrogens is 2. The molecule has 0 radical (unpaired) electrons. The molecule has 1 fully saturated rings. The highest BCUT2D eigenvalue weighted by atomic mass is 79.9. The van der Waals surface area contributed by atoms with E-state index in [2.05, 4.69) is 30.8 Å². The maximum atomic E-state index is 12.4. The van der Waals surface area contributed by atoms with Crippen LogP contribution in [-0.4, -0.2) is 47.0 Å². The van der Waals surface area contributed by atoms with Crippen LogP contribution in [0.15, 0.2) is 46.5 Å². The van der Waals surface area contributed by atoms with Crippen molar-refractivity contribution in [1.82, 2.24) is 14.9 Å². The number of rotatable bonds is 2. The molecule has 4 heterocycles. The standard InChI is InChI=1S/C17H15BrN4OS/c18-12-10-13-16(20-11-12)14(3-4-19-13)21-5-7-22(8-6-21)17(23)15-2-1-9-24-15/h1-4,9-11H,5-8H2. The van der Waals surface area contributed by atoms with Crippen LogP contribution in [-0.2, 0) is 0 Å². The monoisotopic (exact) mass is 402 g/mol. The van der Waals surface area contributed by atoms with Crippen LogP contribution < -0.4 is 4.90 Å². The Morgan fingerprint density at radius 1 is 1.17 bits per heavy atom. The van der Waals surface area contributed by atoms with Crippen molar-refractivity contribution in [2.45, 2.75) is 0 Å². The molecular formula is C17H15BrN4OS. The van der Waals surface area contributed by atoms with Crippen molar-refractivity contribution in [3.05, 3.63) is 51.4 Å². The van der Waals surface area contributed by atoms with E-state index in [1.165, 1.54) is 11.3 Å². The first-order chi connectivity index (χ1) is 11.7. The van der Waals surface area contributed by atoms with Gasteiger partial charge in [-0.2, -0.15) is 0 Å². The average Bonchev–Trinajstić information content (AvgIpc) is 3.15. The summed E-state index contributed by atoms with van der Waals surface area (Å²) >= 11 is 4.93. The Balaban J connectivity index is 1.53. The van der Waals surface area contributed by atoms with Gasteiger partial charge in [-0.05, 0) is 39.5 Å². The maximum Gasteiger partial charge on any atom is 0.264 e. The zero-order valence-corrected chi connectivity index (χ0v) is 15.3. The molecule has 0 saturated carbocycles. The number of nitrogens with zero attached hydrogens (tertiary/aromatic N) is 4. The van der Waals surface area contributed by atoms with Crippen LogP contribution in [0.4, 0.5) is 5.69 Å². The maximum absolute atomic E-state index is 12.4. The van der Waals surface area contributed by atoms with Crippen molar-refractivity contribution in [3.8, 4) is 0 Å². The van der Waals surface area contributed by atoms with Crippen molar-refractivity contribution in [2.24, 2.45) is 0 Å². The van der Waals surface area contributed by atoms with Gasteiger partial charge in [-0.3, -0.25) is 14.8 Å². The van der Waals surface area contributed by atoms with E-state index in [-0.39, 0.29) is 5.91 Å². The van der Waals surface area contributed by atoms with Gasteiger partial charge in [0.25, 0.3) is 5.91 Å². The van der Waals surface area contributed by atoms with Gasteiger partial charge in [-0.15, -0.1) is 11.3 Å². The van der Waals surface area contributed by atoms with E-state index in [9.17, 15) is 4.79 Å². The molecule has 122 valence electrons. The minimum atomic E-state index is 0.131. The zero-order valence-electron chi connectivity index (χ0n) is 12.9. The molecule has 0 spiro atoms. The molecule has 0 aromatic carbocycles. The fourth-order valence-electron chi connectivity index (χ4n) is 2.95. The quantitative estimate of drug-likeness (QED) is 0.658. The third-order valence-electron chi connectivity index (χ3n) is 4.16. The minimum Gasteiger partial charge on any atom is -0.366 e. The van der Waals surface area contributed by atoms with E-state index in [4.69, 9.17) is 0 Å². The summed E-state index contributed by atoms with van der Waals surface area (Å²) in [6.45, 7) is 3.04. The van der Waals surface area contributed by atoms with Crippen molar-refractivity contribution >= 4 is 49.9 Å². The molecule has 1 saturated heterocycles. The number of carbonyl (C=O) groups excluding carboxylic acids is 1. The summed E-state index contributed by atoms with van der Waals surface area (Å²) in [7, 11) is 0. The van der Waals surface area contributed by atoms with Crippen LogP contribution >= 0.6 is 27.3 Å². The van der Waals surface area contributed by atoms with Gasteiger partial charge in [0.2, 0.25) is 0 Å². The van der Waals surface area contributed by atoms with Gasteiger partial charge in [0.15, 0.2) is 0 Å². The summed E-state index contributed by atoms with van der Waals surface area (Å²) in [5, 5.41) is 1.94. The largest absolute Gasteiger partial charge is 0.366 e. The topological polar surface area (TPSA) is 49.3 Å². The van der Waals surface area contributed by atoms with Gasteiger partial charge >= 0.3 is 0 Å². The van der Waals surface area contributed by atoms with Crippen LogP contribution in [0.25, 0.3) is 11.0 Å². The average molecular weight is 403 g/mol. The molecule has 0 N–H and O–H groups in total. The predicted octanol–water partition coefficient (Wildman–Crippen LogP) is 3.42. The first-order valence-corrected chi connectivity index (χ1v) is 9.37. The molecule has 0 atom stereocenters. The number of amides is 1. The van der Waals surface area contributed by atoms with Crippen LogP contribution in [0.3, 0.4) is 0 Å². The van der Waals surface area contributed by atoms with Gasteiger partial charge in [-0.25, -0.2) is 0 Å². The second-order valence-electron chi connectivity index (χ2n) is 5.61. The van der Waals surface area contributed by atoms with Crippen molar-refractivity contribution < 1.29 is 4.79 Å². The van der Waals surface area contributed by atoms with Crippen LogP contribution in [0.2, 0.25) is 0 Å². The Labute approximate surface area is 152 Å². The van der Waals surface area contributed by atoms with Gasteiger partial charge in [0.05, 0.1) is 16.1 Å². The molecule has 7 heteroatoms. The van der Waals surface area contributed by atoms with Gasteiger partial charge in [0.1, 0.15) is 5.52 Å². The second-order valence-corrected chi connectivity index (χ2v) is 7.47. The number of thiophene rings is 1. The highest BCUT2D eigenvalue weighted by Gasteiger charge is 2.24. The summed E-state index contributed by atoms with van der Waals surface area (Å²) in [6.07, 6.45) is 3.61. The minimum absolute atomic E-state index is 0.131. The first kappa shape index (κ1) is 15.5. The molecule has 1 amide bonds. The first-order valence-electron chi connectivity index (χ1n) is 7.70. The molecule has 5 nitrogen and oxygen atoms in total. The van der Waals surface area contributed by atoms with E-state index in [0.717, 1.165) is 52.2 Å². The molecule has 0 bridgehead atoms. The van der Waals surface area contributed by atoms with E-state index < -0.39 is 0 Å². The lowest BCUT2D eigenvalue weighted by atomic mass is 10.2. The normalized spacial score (nSPS) is 15.0. The molecule has 3 aromatic heterocycles. The lowest BCUT2D eigenvalue weighted by Gasteiger charge is -2.36. The number of anilines is 1. The molecule has 4 rings (SSSR count). The number of pyridine rings is 2. The van der Waals surface area contributed by atoms with Crippen LogP contribution in [0.1, 0.15) is 9.67 Å². The summed E-state index contributed by atoms with van der Waals surface area (Å²) in [5.74, 6) is 0.131. The van der Waals surface area contributed by atoms with Gasteiger partial charge in [0, 0.05) is 43.0 Å². The summed E-state index contributed by atoms with van der Waals surface area (Å²) < 4.78 is 0.922. The van der Waals surface area contributed by atoms with Crippen molar-refractivity contribution in [3.63, 3.8) is 0 Å². The third kappa shape index (κ3) is 2.89. The van der Waals surface area contributed by atoms with E-state index in [0.29, 0.717) is 0 Å². The molecule has 1 aliphatic rings. The predicted molar refractivity (Wildman–Crippen MR) is 99.7 cm³/mol. The number of piperazine rings is 1. The Bertz CT molecular complexity index is 875. The fraction of sp³-hybridized carbons (Fsp3) is 0.235.